The predicted octanol–water partition coefficient (Wildman–Crippen LogP) is 3.23. The van der Waals surface area contributed by atoms with Gasteiger partial charge < -0.3 is 14.8 Å². The van der Waals surface area contributed by atoms with Gasteiger partial charge in [0.2, 0.25) is 0 Å². The van der Waals surface area contributed by atoms with Crippen LogP contribution in [0.15, 0.2) is 18.2 Å². The van der Waals surface area contributed by atoms with Crippen LogP contribution in [0.2, 0.25) is 0 Å². The minimum Gasteiger partial charge on any atom is -0.490 e. The van der Waals surface area contributed by atoms with E-state index in [1.54, 1.807) is 0 Å². The highest BCUT2D eigenvalue weighted by molar-refractivity contribution is 5.48. The molecular weight excluding hydrogens is 250 g/mol. The van der Waals surface area contributed by atoms with Crippen LogP contribution in [-0.2, 0) is 0 Å². The molecule has 3 heteroatoms. The van der Waals surface area contributed by atoms with Crippen LogP contribution in [0, 0.1) is 11.8 Å². The number of benzene rings is 1. The molecule has 0 heterocycles. The summed E-state index contributed by atoms with van der Waals surface area (Å²) < 4.78 is 11.4. The Hall–Kier alpha value is -1.66. The lowest BCUT2D eigenvalue weighted by atomic mass is 10.2. The van der Waals surface area contributed by atoms with Crippen LogP contribution in [0.5, 0.6) is 11.5 Å². The Bertz CT molecular complexity index is 446. The smallest absolute Gasteiger partial charge is 0.162 e. The fraction of sp³-hybridized carbons (Fsp3) is 0.529. The Morgan fingerprint density at radius 3 is 2.35 bits per heavy atom. The van der Waals surface area contributed by atoms with Crippen molar-refractivity contribution in [2.75, 3.05) is 26.3 Å². The van der Waals surface area contributed by atoms with Crippen molar-refractivity contribution in [1.82, 2.24) is 5.32 Å². The zero-order valence-corrected chi connectivity index (χ0v) is 12.8. The van der Waals surface area contributed by atoms with E-state index in [4.69, 9.17) is 9.47 Å². The molecule has 0 aliphatic rings. The summed E-state index contributed by atoms with van der Waals surface area (Å²) in [6, 6.07) is 5.88. The molecule has 0 radical (unpaired) electrons. The van der Waals surface area contributed by atoms with Gasteiger partial charge in [-0.25, -0.2) is 0 Å². The van der Waals surface area contributed by atoms with Crippen LogP contribution in [-0.4, -0.2) is 26.3 Å². The molecule has 0 aliphatic heterocycles. The number of ether oxygens (including phenoxy) is 2. The van der Waals surface area contributed by atoms with Crippen LogP contribution in [0.25, 0.3) is 0 Å². The molecule has 0 amide bonds. The number of rotatable bonds is 8. The van der Waals surface area contributed by atoms with E-state index in [0.717, 1.165) is 36.4 Å². The minimum atomic E-state index is 0.691. The second-order valence-corrected chi connectivity index (χ2v) is 4.44. The molecule has 0 aromatic heterocycles. The highest BCUT2D eigenvalue weighted by atomic mass is 16.5. The van der Waals surface area contributed by atoms with Crippen molar-refractivity contribution in [3.8, 4) is 23.3 Å². The Morgan fingerprint density at radius 2 is 1.70 bits per heavy atom. The Morgan fingerprint density at radius 1 is 1.00 bits per heavy atom. The molecule has 20 heavy (non-hydrogen) atoms. The second kappa shape index (κ2) is 10.2. The maximum Gasteiger partial charge on any atom is 0.162 e. The summed E-state index contributed by atoms with van der Waals surface area (Å²) in [5.74, 6) is 7.81. The summed E-state index contributed by atoms with van der Waals surface area (Å²) in [6.07, 6.45) is 1.96. The average Bonchev–Trinajstić information content (AvgIpc) is 2.48. The van der Waals surface area contributed by atoms with Gasteiger partial charge in [0.05, 0.1) is 19.8 Å². The summed E-state index contributed by atoms with van der Waals surface area (Å²) in [6.45, 7) is 9.28. The molecule has 0 atom stereocenters. The van der Waals surface area contributed by atoms with Gasteiger partial charge in [0.1, 0.15) is 0 Å². The normalized spacial score (nSPS) is 9.75. The van der Waals surface area contributed by atoms with E-state index < -0.39 is 0 Å². The Balaban J connectivity index is 2.79. The van der Waals surface area contributed by atoms with Crippen molar-refractivity contribution in [2.24, 2.45) is 0 Å². The van der Waals surface area contributed by atoms with Gasteiger partial charge >= 0.3 is 0 Å². The highest BCUT2D eigenvalue weighted by Crippen LogP contribution is 2.28. The zero-order chi connectivity index (χ0) is 14.6. The molecule has 0 unspecified atom stereocenters. The van der Waals surface area contributed by atoms with E-state index in [0.29, 0.717) is 19.8 Å². The largest absolute Gasteiger partial charge is 0.490 e. The van der Waals surface area contributed by atoms with Crippen molar-refractivity contribution < 1.29 is 9.47 Å². The third kappa shape index (κ3) is 5.99. The first-order valence-electron chi connectivity index (χ1n) is 7.41. The summed E-state index contributed by atoms with van der Waals surface area (Å²) in [7, 11) is 0. The third-order valence-electron chi connectivity index (χ3n) is 2.56. The van der Waals surface area contributed by atoms with E-state index >= 15 is 0 Å². The standard InChI is InChI=1S/C17H25NO2/c1-4-12-19-16-10-9-15(8-7-11-18-6-3)14-17(16)20-13-5-2/h9-10,14,18H,4-6,11-13H2,1-3H3. The van der Waals surface area contributed by atoms with E-state index in [9.17, 15) is 0 Å². The minimum absolute atomic E-state index is 0.691. The van der Waals surface area contributed by atoms with Gasteiger partial charge in [-0.3, -0.25) is 0 Å². The third-order valence-corrected chi connectivity index (χ3v) is 2.56. The first-order valence-corrected chi connectivity index (χ1v) is 7.41. The van der Waals surface area contributed by atoms with E-state index in [1.807, 2.05) is 18.2 Å². The van der Waals surface area contributed by atoms with Gasteiger partial charge in [-0.1, -0.05) is 32.6 Å². The van der Waals surface area contributed by atoms with E-state index in [2.05, 4.69) is 37.9 Å². The summed E-state index contributed by atoms with van der Waals surface area (Å²) >= 11 is 0. The lowest BCUT2D eigenvalue weighted by Crippen LogP contribution is -2.11. The van der Waals surface area contributed by atoms with Crippen LogP contribution in [0.1, 0.15) is 39.2 Å². The van der Waals surface area contributed by atoms with Crippen LogP contribution >= 0.6 is 0 Å². The lowest BCUT2D eigenvalue weighted by Gasteiger charge is -2.12. The fourth-order valence-electron chi connectivity index (χ4n) is 1.58. The van der Waals surface area contributed by atoms with Gasteiger partial charge in [-0.15, -0.1) is 0 Å². The molecule has 1 rings (SSSR count). The quantitative estimate of drug-likeness (QED) is 0.583. The fourth-order valence-corrected chi connectivity index (χ4v) is 1.58. The molecule has 1 aromatic rings. The summed E-state index contributed by atoms with van der Waals surface area (Å²) in [5, 5.41) is 3.18. The van der Waals surface area contributed by atoms with Crippen LogP contribution in [0.4, 0.5) is 0 Å². The van der Waals surface area contributed by atoms with Crippen molar-refractivity contribution >= 4 is 0 Å². The van der Waals surface area contributed by atoms with Gasteiger partial charge in [0.15, 0.2) is 11.5 Å². The molecular formula is C17H25NO2. The lowest BCUT2D eigenvalue weighted by molar-refractivity contribution is 0.268. The highest BCUT2D eigenvalue weighted by Gasteiger charge is 2.05. The van der Waals surface area contributed by atoms with Crippen LogP contribution < -0.4 is 14.8 Å². The maximum atomic E-state index is 5.74. The molecule has 3 nitrogen and oxygen atoms in total. The molecule has 0 saturated carbocycles. The zero-order valence-electron chi connectivity index (χ0n) is 12.8. The summed E-state index contributed by atoms with van der Waals surface area (Å²) in [4.78, 5) is 0. The molecule has 0 fully saturated rings. The van der Waals surface area contributed by atoms with Crippen molar-refractivity contribution in [3.05, 3.63) is 23.8 Å². The second-order valence-electron chi connectivity index (χ2n) is 4.44. The van der Waals surface area contributed by atoms with Crippen molar-refractivity contribution in [1.29, 1.82) is 0 Å². The monoisotopic (exact) mass is 275 g/mol. The van der Waals surface area contributed by atoms with E-state index in [1.165, 1.54) is 0 Å². The molecule has 0 aliphatic carbocycles. The van der Waals surface area contributed by atoms with Crippen molar-refractivity contribution in [3.63, 3.8) is 0 Å². The maximum absolute atomic E-state index is 5.74. The average molecular weight is 275 g/mol. The van der Waals surface area contributed by atoms with Gasteiger partial charge in [0.25, 0.3) is 0 Å². The topological polar surface area (TPSA) is 30.5 Å². The first-order chi connectivity index (χ1) is 9.81. The number of nitrogens with one attached hydrogen (secondary N) is 1. The SMILES string of the molecule is CCCOc1ccc(C#CCNCC)cc1OCCC. The van der Waals surface area contributed by atoms with E-state index in [-0.39, 0.29) is 0 Å². The van der Waals surface area contributed by atoms with Gasteiger partial charge in [-0.05, 0) is 37.6 Å². The Kier molecular flexibility index (Phi) is 8.33. The van der Waals surface area contributed by atoms with Crippen LogP contribution in [0.3, 0.4) is 0 Å². The molecule has 0 bridgehead atoms. The predicted molar refractivity (Wildman–Crippen MR) is 83.4 cm³/mol. The molecule has 110 valence electrons. The summed E-state index contributed by atoms with van der Waals surface area (Å²) in [5.41, 5.74) is 0.956. The number of hydrogen-bond acceptors (Lipinski definition) is 3. The van der Waals surface area contributed by atoms with Gasteiger partial charge in [-0.2, -0.15) is 0 Å². The molecule has 0 saturated heterocycles. The van der Waals surface area contributed by atoms with Gasteiger partial charge in [0, 0.05) is 5.56 Å². The molecule has 0 spiro atoms. The molecule has 1 aromatic carbocycles. The van der Waals surface area contributed by atoms with Crippen molar-refractivity contribution in [2.45, 2.75) is 33.6 Å². The first kappa shape index (κ1) is 16.4. The number of hydrogen-bond donors (Lipinski definition) is 1. The molecule has 1 N–H and O–H groups in total. The Labute approximate surface area is 122 Å².